The number of aryl methyl sites for hydroxylation is 1. The molecule has 100 valence electrons. The standard InChI is InChI=1S/C11H17N3O4/c1-7(2)10-11(14(16)17)9(13(3)12-10)5-8(15)6-18-4/h7H,5-6H2,1-4H3. The largest absolute Gasteiger partial charge is 0.377 e. The van der Waals surface area contributed by atoms with E-state index in [0.29, 0.717) is 11.4 Å². The van der Waals surface area contributed by atoms with E-state index in [2.05, 4.69) is 5.10 Å². The highest BCUT2D eigenvalue weighted by Gasteiger charge is 2.29. The summed E-state index contributed by atoms with van der Waals surface area (Å²) in [6.07, 6.45) is -0.0413. The van der Waals surface area contributed by atoms with Crippen LogP contribution in [0.3, 0.4) is 0 Å². The monoisotopic (exact) mass is 255 g/mol. The number of aromatic nitrogens is 2. The van der Waals surface area contributed by atoms with E-state index in [4.69, 9.17) is 4.74 Å². The second-order valence-corrected chi connectivity index (χ2v) is 4.36. The van der Waals surface area contributed by atoms with Gasteiger partial charge in [0.05, 0.1) is 11.3 Å². The second kappa shape index (κ2) is 5.72. The molecule has 0 bridgehead atoms. The van der Waals surface area contributed by atoms with E-state index in [1.165, 1.54) is 11.8 Å². The molecular weight excluding hydrogens is 238 g/mol. The molecule has 1 heterocycles. The molecule has 0 spiro atoms. The molecule has 1 rings (SSSR count). The highest BCUT2D eigenvalue weighted by Crippen LogP contribution is 2.29. The fourth-order valence-electron chi connectivity index (χ4n) is 1.76. The number of hydrogen-bond acceptors (Lipinski definition) is 5. The van der Waals surface area contributed by atoms with Crippen LogP contribution in [0.25, 0.3) is 0 Å². The van der Waals surface area contributed by atoms with Gasteiger partial charge in [-0.1, -0.05) is 13.8 Å². The lowest BCUT2D eigenvalue weighted by Gasteiger charge is -2.01. The smallest absolute Gasteiger partial charge is 0.314 e. The fraction of sp³-hybridized carbons (Fsp3) is 0.636. The summed E-state index contributed by atoms with van der Waals surface area (Å²) in [5.41, 5.74) is 0.672. The molecule has 0 amide bonds. The van der Waals surface area contributed by atoms with Crippen LogP contribution in [-0.4, -0.2) is 34.2 Å². The molecule has 0 fully saturated rings. The normalized spacial score (nSPS) is 10.9. The Labute approximate surface area is 105 Å². The van der Waals surface area contributed by atoms with Crippen LogP contribution in [0.5, 0.6) is 0 Å². The zero-order valence-corrected chi connectivity index (χ0v) is 11.0. The number of nitrogens with zero attached hydrogens (tertiary/aromatic N) is 3. The Morgan fingerprint density at radius 3 is 2.61 bits per heavy atom. The minimum atomic E-state index is -0.474. The van der Waals surface area contributed by atoms with E-state index in [1.54, 1.807) is 7.05 Å². The van der Waals surface area contributed by atoms with E-state index < -0.39 is 4.92 Å². The number of rotatable bonds is 6. The van der Waals surface area contributed by atoms with Gasteiger partial charge in [-0.05, 0) is 0 Å². The van der Waals surface area contributed by atoms with Crippen molar-refractivity contribution in [1.29, 1.82) is 0 Å². The molecule has 7 nitrogen and oxygen atoms in total. The molecule has 1 aromatic rings. The van der Waals surface area contributed by atoms with Crippen LogP contribution < -0.4 is 0 Å². The Balaban J connectivity index is 3.17. The van der Waals surface area contributed by atoms with Crippen molar-refractivity contribution in [2.24, 2.45) is 7.05 Å². The van der Waals surface area contributed by atoms with E-state index in [9.17, 15) is 14.9 Å². The van der Waals surface area contributed by atoms with Gasteiger partial charge in [0.15, 0.2) is 5.78 Å². The van der Waals surface area contributed by atoms with Crippen LogP contribution in [0.4, 0.5) is 5.69 Å². The van der Waals surface area contributed by atoms with Gasteiger partial charge in [0.25, 0.3) is 0 Å². The molecule has 0 unspecified atom stereocenters. The van der Waals surface area contributed by atoms with Gasteiger partial charge in [-0.15, -0.1) is 0 Å². The topological polar surface area (TPSA) is 87.3 Å². The Hall–Kier alpha value is -1.76. The SMILES string of the molecule is COCC(=O)Cc1c([N+](=O)[O-])c(C(C)C)nn1C. The number of methoxy groups -OCH3 is 1. The minimum absolute atomic E-state index is 0.0413. The van der Waals surface area contributed by atoms with Crippen LogP contribution in [0.1, 0.15) is 31.2 Å². The maximum absolute atomic E-state index is 11.5. The Bertz CT molecular complexity index is 465. The zero-order chi connectivity index (χ0) is 13.9. The van der Waals surface area contributed by atoms with Gasteiger partial charge >= 0.3 is 5.69 Å². The molecule has 0 aliphatic rings. The summed E-state index contributed by atoms with van der Waals surface area (Å²) in [5.74, 6) is -0.276. The maximum atomic E-state index is 11.5. The third-order valence-electron chi connectivity index (χ3n) is 2.56. The average Bonchev–Trinajstić information content (AvgIpc) is 2.57. The van der Waals surface area contributed by atoms with Gasteiger partial charge in [0.2, 0.25) is 0 Å². The predicted molar refractivity (Wildman–Crippen MR) is 64.5 cm³/mol. The van der Waals surface area contributed by atoms with Gasteiger partial charge in [0, 0.05) is 20.1 Å². The Kier molecular flexibility index (Phi) is 4.55. The molecule has 0 aliphatic carbocycles. The number of nitro groups is 1. The predicted octanol–water partition coefficient (Wildman–Crippen LogP) is 1.21. The first kappa shape index (κ1) is 14.3. The lowest BCUT2D eigenvalue weighted by molar-refractivity contribution is -0.386. The third kappa shape index (κ3) is 2.92. The van der Waals surface area contributed by atoms with Crippen LogP contribution in [0, 0.1) is 10.1 Å². The average molecular weight is 255 g/mol. The first-order valence-corrected chi connectivity index (χ1v) is 5.59. The van der Waals surface area contributed by atoms with Crippen LogP contribution in [0.2, 0.25) is 0 Å². The summed E-state index contributed by atoms with van der Waals surface area (Å²) in [4.78, 5) is 22.2. The van der Waals surface area contributed by atoms with E-state index in [1.807, 2.05) is 13.8 Å². The summed E-state index contributed by atoms with van der Waals surface area (Å²) in [6.45, 7) is 3.60. The summed E-state index contributed by atoms with van der Waals surface area (Å²) in [7, 11) is 3.02. The highest BCUT2D eigenvalue weighted by atomic mass is 16.6. The quantitative estimate of drug-likeness (QED) is 0.563. The lowest BCUT2D eigenvalue weighted by Crippen LogP contribution is -2.13. The lowest BCUT2D eigenvalue weighted by atomic mass is 10.1. The molecular formula is C11H17N3O4. The number of ether oxygens (including phenoxy) is 1. The van der Waals surface area contributed by atoms with Gasteiger partial charge < -0.3 is 4.74 Å². The third-order valence-corrected chi connectivity index (χ3v) is 2.56. The molecule has 0 aromatic carbocycles. The second-order valence-electron chi connectivity index (χ2n) is 4.36. The number of Topliss-reactive ketones (excluding diaryl/α,β-unsaturated/α-hetero) is 1. The first-order valence-electron chi connectivity index (χ1n) is 5.59. The van der Waals surface area contributed by atoms with Crippen molar-refractivity contribution >= 4 is 11.5 Å². The molecule has 1 aromatic heterocycles. The molecule has 7 heteroatoms. The molecule has 0 radical (unpaired) electrons. The van der Waals surface area contributed by atoms with Crippen molar-refractivity contribution in [1.82, 2.24) is 9.78 Å². The van der Waals surface area contributed by atoms with E-state index in [0.717, 1.165) is 0 Å². The van der Waals surface area contributed by atoms with Crippen molar-refractivity contribution in [3.8, 4) is 0 Å². The maximum Gasteiger partial charge on any atom is 0.314 e. The number of hydrogen-bond donors (Lipinski definition) is 0. The fourth-order valence-corrected chi connectivity index (χ4v) is 1.76. The van der Waals surface area contributed by atoms with Crippen LogP contribution in [-0.2, 0) is 23.0 Å². The van der Waals surface area contributed by atoms with E-state index >= 15 is 0 Å². The van der Waals surface area contributed by atoms with Crippen molar-refractivity contribution in [2.75, 3.05) is 13.7 Å². The summed E-state index contributed by atoms with van der Waals surface area (Å²) >= 11 is 0. The number of ketones is 1. The first-order chi connectivity index (χ1) is 8.38. The molecule has 0 aliphatic heterocycles. The molecule has 0 N–H and O–H groups in total. The minimum Gasteiger partial charge on any atom is -0.377 e. The van der Waals surface area contributed by atoms with Crippen molar-refractivity contribution in [3.05, 3.63) is 21.5 Å². The van der Waals surface area contributed by atoms with Gasteiger partial charge in [-0.2, -0.15) is 5.10 Å². The molecule has 0 saturated carbocycles. The van der Waals surface area contributed by atoms with Crippen molar-refractivity contribution in [3.63, 3.8) is 0 Å². The molecule has 0 atom stereocenters. The number of carbonyl (C=O) groups excluding carboxylic acids is 1. The van der Waals surface area contributed by atoms with Gasteiger partial charge in [-0.25, -0.2) is 0 Å². The van der Waals surface area contributed by atoms with Gasteiger partial charge in [0.1, 0.15) is 18.0 Å². The van der Waals surface area contributed by atoms with E-state index in [-0.39, 0.29) is 30.4 Å². The molecule has 18 heavy (non-hydrogen) atoms. The van der Waals surface area contributed by atoms with Gasteiger partial charge in [-0.3, -0.25) is 19.6 Å². The summed E-state index contributed by atoms with van der Waals surface area (Å²) < 4.78 is 6.13. The Morgan fingerprint density at radius 1 is 1.56 bits per heavy atom. The Morgan fingerprint density at radius 2 is 2.17 bits per heavy atom. The number of carbonyl (C=O) groups is 1. The van der Waals surface area contributed by atoms with Crippen LogP contribution in [0.15, 0.2) is 0 Å². The summed E-state index contributed by atoms with van der Waals surface area (Å²) in [6, 6.07) is 0. The summed E-state index contributed by atoms with van der Waals surface area (Å²) in [5, 5.41) is 15.2. The van der Waals surface area contributed by atoms with Crippen molar-refractivity contribution < 1.29 is 14.5 Å². The van der Waals surface area contributed by atoms with Crippen LogP contribution >= 0.6 is 0 Å². The highest BCUT2D eigenvalue weighted by molar-refractivity contribution is 5.82. The zero-order valence-electron chi connectivity index (χ0n) is 11.0. The van der Waals surface area contributed by atoms with Crippen molar-refractivity contribution in [2.45, 2.75) is 26.2 Å². The molecule has 0 saturated heterocycles.